The van der Waals surface area contributed by atoms with E-state index in [2.05, 4.69) is 4.90 Å². The third kappa shape index (κ3) is 2.94. The Kier molecular flexibility index (Phi) is 3.94. The highest BCUT2D eigenvalue weighted by atomic mass is 16.5. The Morgan fingerprint density at radius 2 is 1.88 bits per heavy atom. The van der Waals surface area contributed by atoms with Crippen LogP contribution in [0.1, 0.15) is 17.3 Å². The van der Waals surface area contributed by atoms with Crippen molar-refractivity contribution in [3.8, 4) is 0 Å². The largest absolute Gasteiger partial charge is 0.378 e. The zero-order valence-corrected chi connectivity index (χ0v) is 10.1. The van der Waals surface area contributed by atoms with Crippen LogP contribution < -0.4 is 4.90 Å². The highest BCUT2D eigenvalue weighted by Gasteiger charge is 2.11. The summed E-state index contributed by atoms with van der Waals surface area (Å²) in [6, 6.07) is 7.77. The number of ether oxygens (including phenoxy) is 1. The number of nitrogens with zero attached hydrogens (tertiary/aromatic N) is 1. The molecule has 0 unspecified atom stereocenters. The first-order chi connectivity index (χ1) is 8.31. The van der Waals surface area contributed by atoms with Gasteiger partial charge in [0.15, 0.2) is 5.78 Å². The topological polar surface area (TPSA) is 29.5 Å². The van der Waals surface area contributed by atoms with E-state index in [4.69, 9.17) is 4.74 Å². The van der Waals surface area contributed by atoms with Gasteiger partial charge in [0, 0.05) is 24.3 Å². The van der Waals surface area contributed by atoms with Gasteiger partial charge in [0.05, 0.1) is 13.2 Å². The van der Waals surface area contributed by atoms with Crippen LogP contribution in [0.4, 0.5) is 5.69 Å². The summed E-state index contributed by atoms with van der Waals surface area (Å²) in [7, 11) is 0. The number of benzene rings is 1. The standard InChI is InChI=1S/C14H17NO2/c1-2-3-14(16)12-4-6-13(7-5-12)15-8-10-17-11-9-15/h2-7H,8-11H2,1H3. The summed E-state index contributed by atoms with van der Waals surface area (Å²) in [5, 5.41) is 0. The Hall–Kier alpha value is -1.61. The van der Waals surface area contributed by atoms with Crippen LogP contribution in [0.2, 0.25) is 0 Å². The first kappa shape index (κ1) is 11.9. The normalized spacial score (nSPS) is 16.4. The average molecular weight is 231 g/mol. The molecule has 0 radical (unpaired) electrons. The van der Waals surface area contributed by atoms with Crippen molar-refractivity contribution in [3.05, 3.63) is 42.0 Å². The van der Waals surface area contributed by atoms with Gasteiger partial charge < -0.3 is 9.64 Å². The lowest BCUT2D eigenvalue weighted by Gasteiger charge is -2.28. The van der Waals surface area contributed by atoms with Crippen LogP contribution in [0, 0.1) is 0 Å². The minimum atomic E-state index is 0.0565. The predicted molar refractivity (Wildman–Crippen MR) is 68.6 cm³/mol. The summed E-state index contributed by atoms with van der Waals surface area (Å²) >= 11 is 0. The average Bonchev–Trinajstić information content (AvgIpc) is 2.40. The number of carbonyl (C=O) groups is 1. The van der Waals surface area contributed by atoms with Gasteiger partial charge in [0.2, 0.25) is 0 Å². The lowest BCUT2D eigenvalue weighted by molar-refractivity contribution is 0.104. The molecule has 0 spiro atoms. The van der Waals surface area contributed by atoms with Gasteiger partial charge >= 0.3 is 0 Å². The SMILES string of the molecule is CC=CC(=O)c1ccc(N2CCOCC2)cc1. The molecule has 1 aromatic carbocycles. The minimum absolute atomic E-state index is 0.0565. The van der Waals surface area contributed by atoms with Crippen molar-refractivity contribution in [1.29, 1.82) is 0 Å². The number of allylic oxidation sites excluding steroid dienone is 2. The van der Waals surface area contributed by atoms with E-state index in [1.807, 2.05) is 31.2 Å². The molecule has 1 heterocycles. The molecule has 3 heteroatoms. The lowest BCUT2D eigenvalue weighted by Crippen LogP contribution is -2.36. The van der Waals surface area contributed by atoms with E-state index in [0.717, 1.165) is 37.6 Å². The molecule has 0 aromatic heterocycles. The van der Waals surface area contributed by atoms with Gasteiger partial charge in [-0.2, -0.15) is 0 Å². The predicted octanol–water partition coefficient (Wildman–Crippen LogP) is 2.28. The van der Waals surface area contributed by atoms with Crippen LogP contribution in [0.25, 0.3) is 0 Å². The molecule has 1 aromatic rings. The maximum absolute atomic E-state index is 11.6. The number of hydrogen-bond donors (Lipinski definition) is 0. The summed E-state index contributed by atoms with van der Waals surface area (Å²) in [4.78, 5) is 13.9. The number of rotatable bonds is 3. The zero-order chi connectivity index (χ0) is 12.1. The van der Waals surface area contributed by atoms with Gasteiger partial charge in [-0.3, -0.25) is 4.79 Å². The van der Waals surface area contributed by atoms with Crippen molar-refractivity contribution in [3.63, 3.8) is 0 Å². The fraction of sp³-hybridized carbons (Fsp3) is 0.357. The van der Waals surface area contributed by atoms with Crippen molar-refractivity contribution < 1.29 is 9.53 Å². The fourth-order valence-corrected chi connectivity index (χ4v) is 1.91. The van der Waals surface area contributed by atoms with Crippen LogP contribution in [-0.2, 0) is 4.74 Å². The molecule has 0 bridgehead atoms. The summed E-state index contributed by atoms with van der Waals surface area (Å²) < 4.78 is 5.31. The summed E-state index contributed by atoms with van der Waals surface area (Å²) in [5.41, 5.74) is 1.89. The van der Waals surface area contributed by atoms with Crippen LogP contribution in [0.15, 0.2) is 36.4 Å². The molecule has 0 atom stereocenters. The molecule has 90 valence electrons. The molecule has 1 fully saturated rings. The monoisotopic (exact) mass is 231 g/mol. The fourth-order valence-electron chi connectivity index (χ4n) is 1.91. The number of ketones is 1. The molecule has 1 aliphatic heterocycles. The van der Waals surface area contributed by atoms with E-state index in [1.54, 1.807) is 12.2 Å². The van der Waals surface area contributed by atoms with E-state index < -0.39 is 0 Å². The molecule has 0 saturated carbocycles. The van der Waals surface area contributed by atoms with Gasteiger partial charge in [0.1, 0.15) is 0 Å². The summed E-state index contributed by atoms with van der Waals surface area (Å²) in [6.45, 7) is 5.24. The van der Waals surface area contributed by atoms with E-state index >= 15 is 0 Å². The van der Waals surface area contributed by atoms with Crippen LogP contribution in [0.5, 0.6) is 0 Å². The second-order valence-electron chi connectivity index (χ2n) is 4.01. The quantitative estimate of drug-likeness (QED) is 0.590. The number of carbonyl (C=O) groups excluding carboxylic acids is 1. The van der Waals surface area contributed by atoms with Gasteiger partial charge in [-0.05, 0) is 37.3 Å². The van der Waals surface area contributed by atoms with E-state index in [0.29, 0.717) is 0 Å². The van der Waals surface area contributed by atoms with Crippen LogP contribution in [0.3, 0.4) is 0 Å². The highest BCUT2D eigenvalue weighted by molar-refractivity contribution is 6.04. The Bertz CT molecular complexity index is 403. The molecule has 1 aliphatic rings. The third-order valence-electron chi connectivity index (χ3n) is 2.85. The second kappa shape index (κ2) is 5.64. The molecule has 1 saturated heterocycles. The first-order valence-corrected chi connectivity index (χ1v) is 5.91. The van der Waals surface area contributed by atoms with Gasteiger partial charge in [-0.15, -0.1) is 0 Å². The van der Waals surface area contributed by atoms with E-state index in [-0.39, 0.29) is 5.78 Å². The molecule has 0 aliphatic carbocycles. The molecule has 3 nitrogen and oxygen atoms in total. The third-order valence-corrected chi connectivity index (χ3v) is 2.85. The maximum Gasteiger partial charge on any atom is 0.185 e. The van der Waals surface area contributed by atoms with Crippen LogP contribution in [-0.4, -0.2) is 32.1 Å². The smallest absolute Gasteiger partial charge is 0.185 e. The zero-order valence-electron chi connectivity index (χ0n) is 10.1. The van der Waals surface area contributed by atoms with Crippen molar-refractivity contribution in [2.75, 3.05) is 31.2 Å². The van der Waals surface area contributed by atoms with Crippen molar-refractivity contribution in [2.24, 2.45) is 0 Å². The maximum atomic E-state index is 11.6. The number of anilines is 1. The van der Waals surface area contributed by atoms with Crippen LogP contribution >= 0.6 is 0 Å². The minimum Gasteiger partial charge on any atom is -0.378 e. The molecular formula is C14H17NO2. The highest BCUT2D eigenvalue weighted by Crippen LogP contribution is 2.17. The van der Waals surface area contributed by atoms with Gasteiger partial charge in [-0.1, -0.05) is 6.08 Å². The molecule has 0 N–H and O–H groups in total. The lowest BCUT2D eigenvalue weighted by atomic mass is 10.1. The summed E-state index contributed by atoms with van der Waals surface area (Å²) in [5.74, 6) is 0.0565. The van der Waals surface area contributed by atoms with Crippen molar-refractivity contribution >= 4 is 11.5 Å². The van der Waals surface area contributed by atoms with E-state index in [9.17, 15) is 4.79 Å². The Morgan fingerprint density at radius 1 is 1.24 bits per heavy atom. The molecule has 0 amide bonds. The molecule has 17 heavy (non-hydrogen) atoms. The van der Waals surface area contributed by atoms with Gasteiger partial charge in [-0.25, -0.2) is 0 Å². The second-order valence-corrected chi connectivity index (χ2v) is 4.01. The van der Waals surface area contributed by atoms with E-state index in [1.165, 1.54) is 0 Å². The van der Waals surface area contributed by atoms with Crippen molar-refractivity contribution in [1.82, 2.24) is 0 Å². The number of morpholine rings is 1. The van der Waals surface area contributed by atoms with Gasteiger partial charge in [0.25, 0.3) is 0 Å². The molecule has 2 rings (SSSR count). The Morgan fingerprint density at radius 3 is 2.47 bits per heavy atom. The first-order valence-electron chi connectivity index (χ1n) is 5.91. The van der Waals surface area contributed by atoms with Crippen molar-refractivity contribution in [2.45, 2.75) is 6.92 Å². The Labute approximate surface area is 102 Å². The summed E-state index contributed by atoms with van der Waals surface area (Å²) in [6.07, 6.45) is 3.35. The number of hydrogen-bond acceptors (Lipinski definition) is 3. The molecular weight excluding hydrogens is 214 g/mol. The Balaban J connectivity index is 2.09.